The van der Waals surface area contributed by atoms with Gasteiger partial charge in [0.1, 0.15) is 0 Å². The molecule has 0 atom stereocenters. The van der Waals surface area contributed by atoms with Crippen molar-refractivity contribution in [3.05, 3.63) is 28.0 Å². The van der Waals surface area contributed by atoms with Crippen molar-refractivity contribution in [2.75, 3.05) is 0 Å². The summed E-state index contributed by atoms with van der Waals surface area (Å²) in [4.78, 5) is 16.6. The quantitative estimate of drug-likeness (QED) is 0.831. The molecule has 1 heterocycles. The van der Waals surface area contributed by atoms with E-state index in [0.29, 0.717) is 5.02 Å². The highest BCUT2D eigenvalue weighted by molar-refractivity contribution is 7.16. The Morgan fingerprint density at radius 1 is 1.50 bits per heavy atom. The number of para-hydroxylation sites is 1. The number of aromatic nitrogens is 1. The summed E-state index contributed by atoms with van der Waals surface area (Å²) in [7, 11) is 0. The van der Waals surface area contributed by atoms with E-state index in [1.807, 2.05) is 43.5 Å². The van der Waals surface area contributed by atoms with Crippen molar-refractivity contribution in [1.29, 1.82) is 0 Å². The van der Waals surface area contributed by atoms with Crippen LogP contribution in [0.5, 0.6) is 0 Å². The number of nitrogens with zero attached hydrogens (tertiary/aromatic N) is 2. The largest absolute Gasteiger partial charge is 0.315 e. The molecule has 0 saturated carbocycles. The van der Waals surface area contributed by atoms with Crippen molar-refractivity contribution in [1.82, 2.24) is 4.57 Å². The van der Waals surface area contributed by atoms with E-state index in [2.05, 4.69) is 4.99 Å². The molecule has 0 aliphatic carbocycles. The van der Waals surface area contributed by atoms with E-state index in [4.69, 9.17) is 11.6 Å². The van der Waals surface area contributed by atoms with Gasteiger partial charge in [0.2, 0.25) is 0 Å². The lowest BCUT2D eigenvalue weighted by Crippen LogP contribution is -2.17. The van der Waals surface area contributed by atoms with E-state index < -0.39 is 0 Å². The first-order valence-corrected chi connectivity index (χ1v) is 7.10. The summed E-state index contributed by atoms with van der Waals surface area (Å²) in [5.41, 5.74) is 0.960. The van der Waals surface area contributed by atoms with Crippen LogP contribution in [0.1, 0.15) is 20.8 Å². The van der Waals surface area contributed by atoms with E-state index in [-0.39, 0.29) is 11.8 Å². The molecule has 5 heteroatoms. The predicted molar refractivity (Wildman–Crippen MR) is 75.9 cm³/mol. The molecule has 18 heavy (non-hydrogen) atoms. The number of carbonyl (C=O) groups is 1. The SMILES string of the molecule is CCn1c(=NC(=O)C(C)C)sc2cccc(Cl)c21. The summed E-state index contributed by atoms with van der Waals surface area (Å²) in [5.74, 6) is -0.184. The summed E-state index contributed by atoms with van der Waals surface area (Å²) in [6, 6.07) is 5.77. The Bertz CT molecular complexity index is 655. The molecular formula is C13H15ClN2OS. The Balaban J connectivity index is 2.73. The smallest absolute Gasteiger partial charge is 0.250 e. The molecule has 0 saturated heterocycles. The number of hydrogen-bond donors (Lipinski definition) is 0. The number of halogens is 1. The van der Waals surface area contributed by atoms with Crippen molar-refractivity contribution in [3.63, 3.8) is 0 Å². The van der Waals surface area contributed by atoms with Gasteiger partial charge < -0.3 is 4.57 Å². The minimum absolute atomic E-state index is 0.0870. The number of fused-ring (bicyclic) bond motifs is 1. The van der Waals surface area contributed by atoms with Crippen molar-refractivity contribution < 1.29 is 4.79 Å². The van der Waals surface area contributed by atoms with Gasteiger partial charge >= 0.3 is 0 Å². The Labute approximate surface area is 115 Å². The molecule has 1 aromatic carbocycles. The summed E-state index contributed by atoms with van der Waals surface area (Å²) < 4.78 is 3.04. The molecule has 0 N–H and O–H groups in total. The fourth-order valence-electron chi connectivity index (χ4n) is 1.69. The predicted octanol–water partition coefficient (Wildman–Crippen LogP) is 3.46. The fraction of sp³-hybridized carbons (Fsp3) is 0.385. The maximum atomic E-state index is 11.7. The first kappa shape index (κ1) is 13.3. The van der Waals surface area contributed by atoms with Gasteiger partial charge in [0.15, 0.2) is 4.80 Å². The van der Waals surface area contributed by atoms with Crippen LogP contribution in [0.2, 0.25) is 5.02 Å². The molecule has 0 spiro atoms. The number of hydrogen-bond acceptors (Lipinski definition) is 2. The number of thiazole rings is 1. The van der Waals surface area contributed by atoms with Gasteiger partial charge in [-0.3, -0.25) is 4.79 Å². The Hall–Kier alpha value is -1.13. The van der Waals surface area contributed by atoms with Crippen LogP contribution >= 0.6 is 22.9 Å². The maximum absolute atomic E-state index is 11.7. The second-order valence-corrected chi connectivity index (χ2v) is 5.74. The first-order valence-electron chi connectivity index (χ1n) is 5.91. The number of carbonyl (C=O) groups excluding carboxylic acids is 1. The summed E-state index contributed by atoms with van der Waals surface area (Å²) >= 11 is 7.71. The van der Waals surface area contributed by atoms with Crippen LogP contribution in [0.4, 0.5) is 0 Å². The zero-order chi connectivity index (χ0) is 13.3. The maximum Gasteiger partial charge on any atom is 0.250 e. The highest BCUT2D eigenvalue weighted by Gasteiger charge is 2.10. The zero-order valence-corrected chi connectivity index (χ0v) is 12.2. The average molecular weight is 283 g/mol. The van der Waals surface area contributed by atoms with Gasteiger partial charge in [0, 0.05) is 12.5 Å². The van der Waals surface area contributed by atoms with Crippen molar-refractivity contribution >= 4 is 39.1 Å². The lowest BCUT2D eigenvalue weighted by Gasteiger charge is -2.02. The standard InChI is InChI=1S/C13H15ClN2OS/c1-4-16-11-9(14)6-5-7-10(11)18-13(16)15-12(17)8(2)3/h5-8H,4H2,1-3H3. The number of benzene rings is 1. The fourth-order valence-corrected chi connectivity index (χ4v) is 3.15. The average Bonchev–Trinajstić information content (AvgIpc) is 2.67. The molecule has 1 aromatic heterocycles. The van der Waals surface area contributed by atoms with E-state index in [9.17, 15) is 4.79 Å². The van der Waals surface area contributed by atoms with Crippen LogP contribution in [0, 0.1) is 5.92 Å². The monoisotopic (exact) mass is 282 g/mol. The normalized spacial score (nSPS) is 12.6. The van der Waals surface area contributed by atoms with Crippen LogP contribution in [0.25, 0.3) is 10.2 Å². The van der Waals surface area contributed by atoms with Crippen molar-refractivity contribution in [2.24, 2.45) is 10.9 Å². The molecule has 0 radical (unpaired) electrons. The molecule has 0 aliphatic rings. The van der Waals surface area contributed by atoms with Gasteiger partial charge in [-0.2, -0.15) is 4.99 Å². The molecule has 2 aromatic rings. The number of aryl methyl sites for hydroxylation is 1. The van der Waals surface area contributed by atoms with Gasteiger partial charge in [-0.05, 0) is 19.1 Å². The zero-order valence-electron chi connectivity index (χ0n) is 10.6. The molecular weight excluding hydrogens is 268 g/mol. The number of rotatable bonds is 2. The van der Waals surface area contributed by atoms with Crippen molar-refractivity contribution in [2.45, 2.75) is 27.3 Å². The van der Waals surface area contributed by atoms with Gasteiger partial charge in [-0.15, -0.1) is 0 Å². The topological polar surface area (TPSA) is 34.4 Å². The summed E-state index contributed by atoms with van der Waals surface area (Å²) in [6.45, 7) is 6.47. The van der Waals surface area contributed by atoms with Crippen molar-refractivity contribution in [3.8, 4) is 0 Å². The minimum atomic E-state index is -0.0973. The van der Waals surface area contributed by atoms with Gasteiger partial charge in [0.25, 0.3) is 5.91 Å². The summed E-state index contributed by atoms with van der Waals surface area (Å²) in [6.07, 6.45) is 0. The third-order valence-corrected chi connectivity index (χ3v) is 4.02. The molecule has 0 aliphatic heterocycles. The molecule has 2 rings (SSSR count). The second-order valence-electron chi connectivity index (χ2n) is 4.32. The lowest BCUT2D eigenvalue weighted by molar-refractivity contribution is -0.120. The van der Waals surface area contributed by atoms with Gasteiger partial charge in [-0.1, -0.05) is 42.9 Å². The second kappa shape index (κ2) is 5.24. The lowest BCUT2D eigenvalue weighted by atomic mass is 10.2. The van der Waals surface area contributed by atoms with Crippen LogP contribution in [-0.4, -0.2) is 10.5 Å². The molecule has 3 nitrogen and oxygen atoms in total. The molecule has 0 unspecified atom stereocenters. The first-order chi connectivity index (χ1) is 8.54. The van der Waals surface area contributed by atoms with E-state index in [1.165, 1.54) is 11.3 Å². The number of amides is 1. The third kappa shape index (κ3) is 2.35. The highest BCUT2D eigenvalue weighted by Crippen LogP contribution is 2.25. The Morgan fingerprint density at radius 2 is 2.22 bits per heavy atom. The molecule has 1 amide bonds. The Kier molecular flexibility index (Phi) is 3.88. The van der Waals surface area contributed by atoms with Crippen LogP contribution in [-0.2, 0) is 11.3 Å². The van der Waals surface area contributed by atoms with Gasteiger partial charge in [0.05, 0.1) is 15.2 Å². The minimum Gasteiger partial charge on any atom is -0.315 e. The van der Waals surface area contributed by atoms with E-state index in [0.717, 1.165) is 21.6 Å². The molecule has 96 valence electrons. The van der Waals surface area contributed by atoms with E-state index >= 15 is 0 Å². The molecule has 0 bridgehead atoms. The van der Waals surface area contributed by atoms with Crippen LogP contribution in [0.3, 0.4) is 0 Å². The highest BCUT2D eigenvalue weighted by atomic mass is 35.5. The van der Waals surface area contributed by atoms with E-state index in [1.54, 1.807) is 0 Å². The van der Waals surface area contributed by atoms with Gasteiger partial charge in [-0.25, -0.2) is 0 Å². The van der Waals surface area contributed by atoms with Crippen LogP contribution in [0.15, 0.2) is 23.2 Å². The Morgan fingerprint density at radius 3 is 2.83 bits per heavy atom. The summed E-state index contributed by atoms with van der Waals surface area (Å²) in [5, 5.41) is 0.698. The molecule has 0 fully saturated rings. The van der Waals surface area contributed by atoms with Crippen LogP contribution < -0.4 is 4.80 Å². The third-order valence-electron chi connectivity index (χ3n) is 2.67.